The summed E-state index contributed by atoms with van der Waals surface area (Å²) in [7, 11) is 1.64. The molecular formula is C16H17IN2O2. The fourth-order valence-corrected chi connectivity index (χ4v) is 3.65. The maximum absolute atomic E-state index is 12.1. The molecule has 4 nitrogen and oxygen atoms in total. The molecule has 110 valence electrons. The van der Waals surface area contributed by atoms with Crippen LogP contribution in [0.15, 0.2) is 36.4 Å². The van der Waals surface area contributed by atoms with E-state index in [4.69, 9.17) is 10.00 Å². The lowest BCUT2D eigenvalue weighted by atomic mass is 9.90. The van der Waals surface area contributed by atoms with Crippen LogP contribution in [0.4, 0.5) is 0 Å². The van der Waals surface area contributed by atoms with E-state index in [2.05, 4.69) is 29.2 Å². The lowest BCUT2D eigenvalue weighted by Crippen LogP contribution is -2.44. The van der Waals surface area contributed by atoms with Crippen LogP contribution < -0.4 is 4.74 Å². The molecule has 0 aromatic heterocycles. The SMILES string of the molecule is C=C(C#N)C(=O)N1CC(I)CC(c2ccc(OC)cc2)C1. The third-order valence-corrected chi connectivity index (χ3v) is 4.57. The monoisotopic (exact) mass is 396 g/mol. The van der Waals surface area contributed by atoms with Crippen molar-refractivity contribution in [1.29, 1.82) is 5.26 Å². The van der Waals surface area contributed by atoms with Gasteiger partial charge in [0.15, 0.2) is 0 Å². The Bertz CT molecular complexity index is 577. The second kappa shape index (κ2) is 6.94. The zero-order chi connectivity index (χ0) is 15.4. The van der Waals surface area contributed by atoms with Gasteiger partial charge in [0.1, 0.15) is 17.4 Å². The van der Waals surface area contributed by atoms with Gasteiger partial charge in [0.25, 0.3) is 5.91 Å². The highest BCUT2D eigenvalue weighted by Gasteiger charge is 2.30. The van der Waals surface area contributed by atoms with Crippen LogP contribution in [0.3, 0.4) is 0 Å². The van der Waals surface area contributed by atoms with Crippen LogP contribution in [0, 0.1) is 11.3 Å². The average Bonchev–Trinajstić information content (AvgIpc) is 2.52. The summed E-state index contributed by atoms with van der Waals surface area (Å²) in [6.45, 7) is 4.83. The molecule has 1 aromatic rings. The van der Waals surface area contributed by atoms with Crippen molar-refractivity contribution in [2.24, 2.45) is 0 Å². The summed E-state index contributed by atoms with van der Waals surface area (Å²) < 4.78 is 5.54. The number of nitrogens with zero attached hydrogens (tertiary/aromatic N) is 2. The van der Waals surface area contributed by atoms with E-state index in [9.17, 15) is 4.79 Å². The molecule has 21 heavy (non-hydrogen) atoms. The summed E-state index contributed by atoms with van der Waals surface area (Å²) >= 11 is 2.37. The standard InChI is InChI=1S/C16H17IN2O2/c1-11(8-18)16(20)19-9-13(7-14(17)10-19)12-3-5-15(21-2)6-4-12/h3-6,13-14H,1,7,9-10H2,2H3. The molecule has 0 saturated carbocycles. The van der Waals surface area contributed by atoms with Crippen LogP contribution in [0.2, 0.25) is 0 Å². The highest BCUT2D eigenvalue weighted by molar-refractivity contribution is 14.1. The van der Waals surface area contributed by atoms with E-state index < -0.39 is 0 Å². The highest BCUT2D eigenvalue weighted by atomic mass is 127. The molecule has 0 spiro atoms. The van der Waals surface area contributed by atoms with Crippen molar-refractivity contribution in [3.05, 3.63) is 42.0 Å². The van der Waals surface area contributed by atoms with Crippen molar-refractivity contribution < 1.29 is 9.53 Å². The predicted octanol–water partition coefficient (Wildman–Crippen LogP) is 2.89. The van der Waals surface area contributed by atoms with E-state index in [0.29, 0.717) is 17.0 Å². The molecule has 1 fully saturated rings. The molecule has 0 radical (unpaired) electrons. The fraction of sp³-hybridized carbons (Fsp3) is 0.375. The van der Waals surface area contributed by atoms with Crippen molar-refractivity contribution in [2.75, 3.05) is 20.2 Å². The summed E-state index contributed by atoms with van der Waals surface area (Å²) in [4.78, 5) is 13.9. The number of ether oxygens (including phenoxy) is 1. The first-order chi connectivity index (χ1) is 10.0. The molecular weight excluding hydrogens is 379 g/mol. The number of amides is 1. The maximum atomic E-state index is 12.1. The zero-order valence-electron chi connectivity index (χ0n) is 11.9. The Morgan fingerprint density at radius 3 is 2.67 bits per heavy atom. The molecule has 1 amide bonds. The van der Waals surface area contributed by atoms with Crippen molar-refractivity contribution in [3.63, 3.8) is 0 Å². The third kappa shape index (κ3) is 3.76. The largest absolute Gasteiger partial charge is 0.497 e. The Kier molecular flexibility index (Phi) is 5.23. The smallest absolute Gasteiger partial charge is 0.263 e. The third-order valence-electron chi connectivity index (χ3n) is 3.67. The Morgan fingerprint density at radius 2 is 2.10 bits per heavy atom. The summed E-state index contributed by atoms with van der Waals surface area (Å²) in [6, 6.07) is 9.80. The van der Waals surface area contributed by atoms with E-state index >= 15 is 0 Å². The second-order valence-electron chi connectivity index (χ2n) is 5.10. The minimum Gasteiger partial charge on any atom is -0.497 e. The molecule has 0 bridgehead atoms. The van der Waals surface area contributed by atoms with E-state index in [1.165, 1.54) is 5.56 Å². The van der Waals surface area contributed by atoms with Gasteiger partial charge in [-0.25, -0.2) is 0 Å². The molecule has 2 unspecified atom stereocenters. The number of piperidine rings is 1. The summed E-state index contributed by atoms with van der Waals surface area (Å²) in [5.41, 5.74) is 1.20. The zero-order valence-corrected chi connectivity index (χ0v) is 14.0. The second-order valence-corrected chi connectivity index (χ2v) is 6.87. The first kappa shape index (κ1) is 15.8. The Hall–Kier alpha value is -1.55. The number of hydrogen-bond acceptors (Lipinski definition) is 3. The molecule has 0 aliphatic carbocycles. The van der Waals surface area contributed by atoms with Gasteiger partial charge in [-0.3, -0.25) is 4.79 Å². The van der Waals surface area contributed by atoms with Gasteiger partial charge in [0.05, 0.1) is 7.11 Å². The molecule has 0 N–H and O–H groups in total. The number of benzene rings is 1. The fourth-order valence-electron chi connectivity index (χ4n) is 2.56. The molecule has 1 aliphatic rings. The van der Waals surface area contributed by atoms with Gasteiger partial charge in [-0.2, -0.15) is 5.26 Å². The van der Waals surface area contributed by atoms with Crippen LogP contribution in [-0.2, 0) is 4.79 Å². The number of halogens is 1. The number of likely N-dealkylation sites (tertiary alicyclic amines) is 1. The van der Waals surface area contributed by atoms with Crippen molar-refractivity contribution in [2.45, 2.75) is 16.3 Å². The van der Waals surface area contributed by atoms with E-state index in [0.717, 1.165) is 12.2 Å². The molecule has 1 heterocycles. The van der Waals surface area contributed by atoms with Gasteiger partial charge in [-0.15, -0.1) is 0 Å². The lowest BCUT2D eigenvalue weighted by Gasteiger charge is -2.35. The Balaban J connectivity index is 2.15. The van der Waals surface area contributed by atoms with Crippen molar-refractivity contribution >= 4 is 28.5 Å². The first-order valence-corrected chi connectivity index (χ1v) is 7.96. The highest BCUT2D eigenvalue weighted by Crippen LogP contribution is 2.31. The number of nitriles is 1. The summed E-state index contributed by atoms with van der Waals surface area (Å²) in [6.07, 6.45) is 1.02. The number of alkyl halides is 1. The van der Waals surface area contributed by atoms with Crippen LogP contribution in [0.1, 0.15) is 17.9 Å². The minimum atomic E-state index is -0.252. The van der Waals surface area contributed by atoms with Gasteiger partial charge in [0, 0.05) is 22.9 Å². The van der Waals surface area contributed by atoms with Crippen LogP contribution in [0.5, 0.6) is 5.75 Å². The Morgan fingerprint density at radius 1 is 1.43 bits per heavy atom. The van der Waals surface area contributed by atoms with Crippen LogP contribution >= 0.6 is 22.6 Å². The van der Waals surface area contributed by atoms with Crippen molar-refractivity contribution in [1.82, 2.24) is 4.90 Å². The molecule has 2 atom stereocenters. The van der Waals surface area contributed by atoms with Crippen molar-refractivity contribution in [3.8, 4) is 11.8 Å². The first-order valence-electron chi connectivity index (χ1n) is 6.71. The lowest BCUT2D eigenvalue weighted by molar-refractivity contribution is -0.127. The number of methoxy groups -OCH3 is 1. The average molecular weight is 396 g/mol. The molecule has 1 saturated heterocycles. The number of carbonyl (C=O) groups is 1. The van der Waals surface area contributed by atoms with E-state index in [1.54, 1.807) is 12.0 Å². The molecule has 1 aliphatic heterocycles. The predicted molar refractivity (Wildman–Crippen MR) is 89.5 cm³/mol. The topological polar surface area (TPSA) is 53.3 Å². The molecule has 1 aromatic carbocycles. The van der Waals surface area contributed by atoms with E-state index in [1.807, 2.05) is 30.3 Å². The van der Waals surface area contributed by atoms with Crippen LogP contribution in [-0.4, -0.2) is 34.9 Å². The maximum Gasteiger partial charge on any atom is 0.263 e. The minimum absolute atomic E-state index is 0.00832. The quantitative estimate of drug-likeness (QED) is 0.342. The normalized spacial score (nSPS) is 21.5. The summed E-state index contributed by atoms with van der Waals surface area (Å²) in [5, 5.41) is 8.83. The number of hydrogen-bond donors (Lipinski definition) is 0. The molecule has 5 heteroatoms. The Labute approximate surface area is 138 Å². The van der Waals surface area contributed by atoms with E-state index in [-0.39, 0.29) is 17.4 Å². The number of carbonyl (C=O) groups excluding carboxylic acids is 1. The van der Waals surface area contributed by atoms with Gasteiger partial charge in [-0.05, 0) is 24.1 Å². The summed E-state index contributed by atoms with van der Waals surface area (Å²) in [5.74, 6) is 0.853. The van der Waals surface area contributed by atoms with Crippen LogP contribution in [0.25, 0.3) is 0 Å². The van der Waals surface area contributed by atoms with Gasteiger partial charge >= 0.3 is 0 Å². The van der Waals surface area contributed by atoms with Gasteiger partial charge in [-0.1, -0.05) is 41.3 Å². The number of rotatable bonds is 3. The van der Waals surface area contributed by atoms with Gasteiger partial charge in [0.2, 0.25) is 0 Å². The molecule has 2 rings (SSSR count). The van der Waals surface area contributed by atoms with Gasteiger partial charge < -0.3 is 9.64 Å².